The summed E-state index contributed by atoms with van der Waals surface area (Å²) < 4.78 is 27.6. The summed E-state index contributed by atoms with van der Waals surface area (Å²) in [5.74, 6) is 0. The van der Waals surface area contributed by atoms with Gasteiger partial charge in [0.15, 0.2) is 0 Å². The van der Waals surface area contributed by atoms with E-state index in [4.69, 9.17) is 5.73 Å². The van der Waals surface area contributed by atoms with Gasteiger partial charge in [0.25, 0.3) is 0 Å². The van der Waals surface area contributed by atoms with Crippen molar-refractivity contribution in [1.29, 1.82) is 0 Å². The Morgan fingerprint density at radius 1 is 1.35 bits per heavy atom. The Hall–Kier alpha value is -0.920. The van der Waals surface area contributed by atoms with E-state index in [-0.39, 0.29) is 6.04 Å². The summed E-state index contributed by atoms with van der Waals surface area (Å²) in [5, 5.41) is 6.78. The maximum Gasteiger partial charge on any atom is 0.246 e. The van der Waals surface area contributed by atoms with Crippen molar-refractivity contribution in [2.75, 3.05) is 13.1 Å². The van der Waals surface area contributed by atoms with E-state index in [0.717, 1.165) is 25.7 Å². The molecule has 0 radical (unpaired) electrons. The van der Waals surface area contributed by atoms with Gasteiger partial charge < -0.3 is 5.73 Å². The smallest absolute Gasteiger partial charge is 0.246 e. The fourth-order valence-electron chi connectivity index (χ4n) is 2.98. The van der Waals surface area contributed by atoms with Gasteiger partial charge in [0.05, 0.1) is 11.4 Å². The van der Waals surface area contributed by atoms with Crippen LogP contribution in [0.15, 0.2) is 4.90 Å². The monoisotopic (exact) mass is 300 g/mol. The lowest BCUT2D eigenvalue weighted by Crippen LogP contribution is -2.40. The zero-order chi connectivity index (χ0) is 14.8. The number of aromatic amines is 1. The van der Waals surface area contributed by atoms with Gasteiger partial charge in [0.2, 0.25) is 10.0 Å². The van der Waals surface area contributed by atoms with Gasteiger partial charge in [-0.05, 0) is 39.7 Å². The molecule has 0 bridgehead atoms. The molecule has 2 rings (SSSR count). The number of hydrogen-bond donors (Lipinski definition) is 2. The zero-order valence-corrected chi connectivity index (χ0v) is 13.0. The van der Waals surface area contributed by atoms with Crippen LogP contribution in [0.5, 0.6) is 0 Å². The zero-order valence-electron chi connectivity index (χ0n) is 12.2. The van der Waals surface area contributed by atoms with Crippen LogP contribution < -0.4 is 5.73 Å². The van der Waals surface area contributed by atoms with Crippen LogP contribution in [-0.4, -0.2) is 42.1 Å². The molecule has 1 aromatic rings. The van der Waals surface area contributed by atoms with Gasteiger partial charge in [-0.2, -0.15) is 9.40 Å². The van der Waals surface area contributed by atoms with Crippen molar-refractivity contribution in [3.8, 4) is 0 Å². The second-order valence-corrected chi connectivity index (χ2v) is 7.29. The molecule has 0 spiro atoms. The van der Waals surface area contributed by atoms with E-state index >= 15 is 0 Å². The normalized spacial score (nSPS) is 17.2. The van der Waals surface area contributed by atoms with Crippen molar-refractivity contribution in [3.05, 3.63) is 11.4 Å². The molecular weight excluding hydrogens is 276 g/mol. The number of nitrogens with zero attached hydrogens (tertiary/aromatic N) is 2. The average Bonchev–Trinajstić information content (AvgIpc) is 3.00. The molecule has 1 aliphatic rings. The molecular formula is C13H24N4O2S. The summed E-state index contributed by atoms with van der Waals surface area (Å²) >= 11 is 0. The van der Waals surface area contributed by atoms with E-state index in [1.807, 2.05) is 0 Å². The van der Waals surface area contributed by atoms with Crippen LogP contribution in [0, 0.1) is 13.8 Å². The molecule has 0 aromatic carbocycles. The predicted octanol–water partition coefficient (Wildman–Crippen LogP) is 1.31. The molecule has 1 heterocycles. The molecule has 0 unspecified atom stereocenters. The van der Waals surface area contributed by atoms with Gasteiger partial charge in [-0.1, -0.05) is 12.8 Å². The lowest BCUT2D eigenvalue weighted by molar-refractivity contribution is 0.320. The first kappa shape index (κ1) is 15.5. The van der Waals surface area contributed by atoms with Crippen molar-refractivity contribution >= 4 is 10.0 Å². The van der Waals surface area contributed by atoms with Gasteiger partial charge in [-0.3, -0.25) is 5.10 Å². The maximum absolute atomic E-state index is 13.0. The van der Waals surface area contributed by atoms with Crippen LogP contribution in [0.1, 0.15) is 43.5 Å². The van der Waals surface area contributed by atoms with Gasteiger partial charge in [-0.25, -0.2) is 8.42 Å². The molecule has 7 heteroatoms. The Morgan fingerprint density at radius 2 is 2.00 bits per heavy atom. The first-order valence-corrected chi connectivity index (χ1v) is 8.66. The van der Waals surface area contributed by atoms with Crippen molar-refractivity contribution in [3.63, 3.8) is 0 Å². The van der Waals surface area contributed by atoms with E-state index in [0.29, 0.717) is 35.8 Å². The summed E-state index contributed by atoms with van der Waals surface area (Å²) in [4.78, 5) is 0.335. The second-order valence-electron chi connectivity index (χ2n) is 5.46. The van der Waals surface area contributed by atoms with Crippen LogP contribution in [0.2, 0.25) is 0 Å². The minimum atomic E-state index is -3.49. The van der Waals surface area contributed by atoms with E-state index in [9.17, 15) is 8.42 Å². The topological polar surface area (TPSA) is 92.1 Å². The molecule has 0 saturated heterocycles. The van der Waals surface area contributed by atoms with Crippen molar-refractivity contribution < 1.29 is 8.42 Å². The molecule has 6 nitrogen and oxygen atoms in total. The fraction of sp³-hybridized carbons (Fsp3) is 0.769. The van der Waals surface area contributed by atoms with Gasteiger partial charge in [0.1, 0.15) is 4.90 Å². The highest BCUT2D eigenvalue weighted by Gasteiger charge is 2.35. The molecule has 1 aliphatic carbocycles. The highest BCUT2D eigenvalue weighted by Crippen LogP contribution is 2.30. The average molecular weight is 300 g/mol. The quantitative estimate of drug-likeness (QED) is 0.828. The van der Waals surface area contributed by atoms with E-state index in [1.54, 1.807) is 18.2 Å². The largest absolute Gasteiger partial charge is 0.330 e. The number of aryl methyl sites for hydroxylation is 2. The summed E-state index contributed by atoms with van der Waals surface area (Å²) in [6.07, 6.45) is 4.77. The van der Waals surface area contributed by atoms with Gasteiger partial charge >= 0.3 is 0 Å². The summed E-state index contributed by atoms with van der Waals surface area (Å²) in [5.41, 5.74) is 6.71. The molecule has 20 heavy (non-hydrogen) atoms. The van der Waals surface area contributed by atoms with Crippen LogP contribution in [0.3, 0.4) is 0 Å². The molecule has 0 aliphatic heterocycles. The van der Waals surface area contributed by atoms with Crippen LogP contribution in [0.25, 0.3) is 0 Å². The third kappa shape index (κ3) is 2.89. The number of hydrogen-bond acceptors (Lipinski definition) is 4. The van der Waals surface area contributed by atoms with E-state index in [1.165, 1.54) is 0 Å². The third-order valence-electron chi connectivity index (χ3n) is 3.94. The summed E-state index contributed by atoms with van der Waals surface area (Å²) in [6, 6.07) is 0.111. The molecule has 1 saturated carbocycles. The Morgan fingerprint density at radius 3 is 2.50 bits per heavy atom. The number of H-pyrrole nitrogens is 1. The van der Waals surface area contributed by atoms with Crippen LogP contribution in [-0.2, 0) is 10.0 Å². The fourth-order valence-corrected chi connectivity index (χ4v) is 5.04. The molecule has 1 fully saturated rings. The minimum absolute atomic E-state index is 0.111. The number of sulfonamides is 1. The highest BCUT2D eigenvalue weighted by atomic mass is 32.2. The van der Waals surface area contributed by atoms with Crippen molar-refractivity contribution in [1.82, 2.24) is 14.5 Å². The number of rotatable bonds is 6. The van der Waals surface area contributed by atoms with Crippen molar-refractivity contribution in [2.45, 2.75) is 56.9 Å². The molecule has 0 amide bonds. The maximum atomic E-state index is 13.0. The number of nitrogens with two attached hydrogens (primary N) is 1. The molecule has 0 atom stereocenters. The lowest BCUT2D eigenvalue weighted by atomic mass is 10.2. The lowest BCUT2D eigenvalue weighted by Gasteiger charge is -2.28. The molecule has 1 aromatic heterocycles. The Bertz CT molecular complexity index is 527. The van der Waals surface area contributed by atoms with E-state index < -0.39 is 10.0 Å². The summed E-state index contributed by atoms with van der Waals surface area (Å²) in [7, 11) is -3.49. The molecule has 114 valence electrons. The second kappa shape index (κ2) is 6.24. The highest BCUT2D eigenvalue weighted by molar-refractivity contribution is 7.89. The van der Waals surface area contributed by atoms with Gasteiger partial charge in [0, 0.05) is 12.6 Å². The minimum Gasteiger partial charge on any atom is -0.330 e. The first-order chi connectivity index (χ1) is 9.48. The number of aromatic nitrogens is 2. The van der Waals surface area contributed by atoms with Crippen molar-refractivity contribution in [2.24, 2.45) is 5.73 Å². The first-order valence-electron chi connectivity index (χ1n) is 7.22. The third-order valence-corrected chi connectivity index (χ3v) is 6.16. The Balaban J connectivity index is 2.35. The SMILES string of the molecule is Cc1n[nH]c(C)c1S(=O)(=O)N(CCCN)C1CCCC1. The number of nitrogens with one attached hydrogen (secondary N) is 1. The summed E-state index contributed by atoms with van der Waals surface area (Å²) in [6.45, 7) is 4.48. The van der Waals surface area contributed by atoms with Gasteiger partial charge in [-0.15, -0.1) is 0 Å². The molecule has 3 N–H and O–H groups in total. The Labute approximate surface area is 120 Å². The predicted molar refractivity (Wildman–Crippen MR) is 77.9 cm³/mol. The standard InChI is InChI=1S/C13H24N4O2S/c1-10-13(11(2)16-15-10)20(18,19)17(9-5-8-14)12-6-3-4-7-12/h12H,3-9,14H2,1-2H3,(H,15,16). The van der Waals surface area contributed by atoms with E-state index in [2.05, 4.69) is 10.2 Å². The van der Waals surface area contributed by atoms with Crippen LogP contribution >= 0.6 is 0 Å². The Kier molecular flexibility index (Phi) is 4.82. The van der Waals surface area contributed by atoms with Crippen LogP contribution in [0.4, 0.5) is 0 Å².